The molecule has 0 atom stereocenters. The fraction of sp³-hybridized carbons (Fsp3) is 0.312. The van der Waals surface area contributed by atoms with Crippen LogP contribution in [0.1, 0.15) is 19.4 Å². The third-order valence-electron chi connectivity index (χ3n) is 2.92. The maximum absolute atomic E-state index is 5.90. The molecule has 0 radical (unpaired) electrons. The summed E-state index contributed by atoms with van der Waals surface area (Å²) in [6.07, 6.45) is 0.0467. The maximum atomic E-state index is 5.90. The molecule has 0 bridgehead atoms. The molecule has 2 aromatic rings. The Morgan fingerprint density at radius 1 is 1.29 bits per heavy atom. The van der Waals surface area contributed by atoms with Gasteiger partial charge in [0.25, 0.3) is 0 Å². The van der Waals surface area contributed by atoms with Crippen LogP contribution < -0.4 is 15.4 Å². The van der Waals surface area contributed by atoms with Gasteiger partial charge in [0.15, 0.2) is 0 Å². The summed E-state index contributed by atoms with van der Waals surface area (Å²) in [6, 6.07) is 12.0. The van der Waals surface area contributed by atoms with Crippen molar-refractivity contribution in [1.29, 1.82) is 0 Å². The molecule has 0 amide bonds. The van der Waals surface area contributed by atoms with Crippen LogP contribution >= 0.6 is 15.9 Å². The van der Waals surface area contributed by atoms with Crippen LogP contribution in [0.15, 0.2) is 40.9 Å². The van der Waals surface area contributed by atoms with Crippen molar-refractivity contribution in [2.24, 2.45) is 0 Å². The Morgan fingerprint density at radius 3 is 2.71 bits per heavy atom. The van der Waals surface area contributed by atoms with E-state index in [4.69, 9.17) is 10.5 Å². The number of ether oxygens (including phenoxy) is 1. The molecule has 112 valence electrons. The van der Waals surface area contributed by atoms with E-state index in [2.05, 4.69) is 37.9 Å². The molecular weight excluding hydrogens is 330 g/mol. The minimum absolute atomic E-state index is 0.0467. The van der Waals surface area contributed by atoms with E-state index in [-0.39, 0.29) is 6.10 Å². The highest BCUT2D eigenvalue weighted by Gasteiger charge is 2.10. The zero-order valence-corrected chi connectivity index (χ0v) is 14.1. The zero-order chi connectivity index (χ0) is 15.4. The van der Waals surface area contributed by atoms with Gasteiger partial charge in [0.2, 0.25) is 5.88 Å². The second-order valence-electron chi connectivity index (χ2n) is 5.22. The summed E-state index contributed by atoms with van der Waals surface area (Å²) < 4.78 is 6.71. The molecule has 5 heteroatoms. The highest BCUT2D eigenvalue weighted by Crippen LogP contribution is 2.24. The zero-order valence-electron chi connectivity index (χ0n) is 12.5. The summed E-state index contributed by atoms with van der Waals surface area (Å²) >= 11 is 3.49. The molecule has 0 aliphatic carbocycles. The van der Waals surface area contributed by atoms with Gasteiger partial charge < -0.3 is 15.4 Å². The first-order chi connectivity index (χ1) is 9.95. The standard InChI is InChI=1S/C16H20BrN3O/c1-11(2)21-16-14(18)7-8-15(19-16)20(3)10-12-5-4-6-13(17)9-12/h4-9,11H,10,18H2,1-3H3. The number of nitrogen functional groups attached to an aromatic ring is 1. The molecule has 0 aliphatic heterocycles. The molecular formula is C16H20BrN3O. The second kappa shape index (κ2) is 6.80. The fourth-order valence-corrected chi connectivity index (χ4v) is 2.41. The molecule has 0 fully saturated rings. The lowest BCUT2D eigenvalue weighted by Crippen LogP contribution is -2.18. The quantitative estimate of drug-likeness (QED) is 0.890. The SMILES string of the molecule is CC(C)Oc1nc(N(C)Cc2cccc(Br)c2)ccc1N. The van der Waals surface area contributed by atoms with Crippen LogP contribution in [0.25, 0.3) is 0 Å². The van der Waals surface area contributed by atoms with E-state index < -0.39 is 0 Å². The molecule has 0 saturated carbocycles. The Kier molecular flexibility index (Phi) is 5.07. The number of rotatable bonds is 5. The first-order valence-corrected chi connectivity index (χ1v) is 7.64. The number of anilines is 2. The highest BCUT2D eigenvalue weighted by atomic mass is 79.9. The number of benzene rings is 1. The van der Waals surface area contributed by atoms with Crippen LogP contribution in [0, 0.1) is 0 Å². The number of hydrogen-bond acceptors (Lipinski definition) is 4. The van der Waals surface area contributed by atoms with E-state index >= 15 is 0 Å². The normalized spacial score (nSPS) is 10.7. The van der Waals surface area contributed by atoms with Crippen LogP contribution in [0.4, 0.5) is 11.5 Å². The fourth-order valence-electron chi connectivity index (χ4n) is 1.96. The molecule has 0 spiro atoms. The Morgan fingerprint density at radius 2 is 2.05 bits per heavy atom. The van der Waals surface area contributed by atoms with E-state index in [1.807, 2.05) is 45.2 Å². The average Bonchev–Trinajstić information content (AvgIpc) is 2.40. The third kappa shape index (κ3) is 4.36. The smallest absolute Gasteiger partial charge is 0.239 e. The molecule has 4 nitrogen and oxygen atoms in total. The topological polar surface area (TPSA) is 51.4 Å². The van der Waals surface area contributed by atoms with Gasteiger partial charge in [-0.25, -0.2) is 0 Å². The number of nitrogens with zero attached hydrogens (tertiary/aromatic N) is 2. The lowest BCUT2D eigenvalue weighted by atomic mass is 10.2. The second-order valence-corrected chi connectivity index (χ2v) is 6.13. The molecule has 0 unspecified atom stereocenters. The molecule has 1 aromatic heterocycles. The Labute approximate surface area is 134 Å². The van der Waals surface area contributed by atoms with Crippen molar-refractivity contribution < 1.29 is 4.74 Å². The van der Waals surface area contributed by atoms with Crippen LogP contribution in [0.5, 0.6) is 5.88 Å². The summed E-state index contributed by atoms with van der Waals surface area (Å²) in [4.78, 5) is 6.56. The van der Waals surface area contributed by atoms with Gasteiger partial charge in [-0.1, -0.05) is 28.1 Å². The molecule has 0 aliphatic rings. The van der Waals surface area contributed by atoms with Crippen LogP contribution in [-0.4, -0.2) is 18.1 Å². The number of hydrogen-bond donors (Lipinski definition) is 1. The van der Waals surface area contributed by atoms with Crippen molar-refractivity contribution in [2.45, 2.75) is 26.5 Å². The molecule has 0 saturated heterocycles. The first-order valence-electron chi connectivity index (χ1n) is 6.84. The van der Waals surface area contributed by atoms with Gasteiger partial charge in [-0.05, 0) is 43.7 Å². The van der Waals surface area contributed by atoms with Gasteiger partial charge in [0.05, 0.1) is 11.8 Å². The largest absolute Gasteiger partial charge is 0.473 e. The monoisotopic (exact) mass is 349 g/mol. The summed E-state index contributed by atoms with van der Waals surface area (Å²) in [5, 5.41) is 0. The van der Waals surface area contributed by atoms with E-state index in [1.165, 1.54) is 5.56 Å². The summed E-state index contributed by atoms with van der Waals surface area (Å²) in [7, 11) is 2.00. The third-order valence-corrected chi connectivity index (χ3v) is 3.42. The van der Waals surface area contributed by atoms with E-state index in [9.17, 15) is 0 Å². The van der Waals surface area contributed by atoms with Gasteiger partial charge >= 0.3 is 0 Å². The lowest BCUT2D eigenvalue weighted by Gasteiger charge is -2.20. The van der Waals surface area contributed by atoms with Crippen molar-refractivity contribution in [3.8, 4) is 5.88 Å². The first kappa shape index (κ1) is 15.6. The molecule has 1 aromatic carbocycles. The molecule has 2 rings (SSSR count). The minimum Gasteiger partial charge on any atom is -0.473 e. The molecule has 21 heavy (non-hydrogen) atoms. The van der Waals surface area contributed by atoms with Gasteiger partial charge in [-0.3, -0.25) is 0 Å². The Balaban J connectivity index is 2.17. The van der Waals surface area contributed by atoms with Gasteiger partial charge in [0, 0.05) is 18.1 Å². The predicted molar refractivity (Wildman–Crippen MR) is 90.7 cm³/mol. The molecule has 1 heterocycles. The number of aromatic nitrogens is 1. The number of halogens is 1. The Bertz CT molecular complexity index is 616. The average molecular weight is 350 g/mol. The maximum Gasteiger partial charge on any atom is 0.239 e. The van der Waals surface area contributed by atoms with Crippen LogP contribution in [-0.2, 0) is 6.54 Å². The minimum atomic E-state index is 0.0467. The summed E-state index contributed by atoms with van der Waals surface area (Å²) in [6.45, 7) is 4.68. The van der Waals surface area contributed by atoms with Gasteiger partial charge in [-0.2, -0.15) is 4.98 Å². The summed E-state index contributed by atoms with van der Waals surface area (Å²) in [5.41, 5.74) is 7.66. The molecule has 2 N–H and O–H groups in total. The van der Waals surface area contributed by atoms with E-state index in [0.717, 1.165) is 16.8 Å². The highest BCUT2D eigenvalue weighted by molar-refractivity contribution is 9.10. The predicted octanol–water partition coefficient (Wildman–Crippen LogP) is 3.85. The van der Waals surface area contributed by atoms with E-state index in [0.29, 0.717) is 11.6 Å². The van der Waals surface area contributed by atoms with E-state index in [1.54, 1.807) is 0 Å². The van der Waals surface area contributed by atoms with Gasteiger partial charge in [0.1, 0.15) is 5.82 Å². The van der Waals surface area contributed by atoms with Gasteiger partial charge in [-0.15, -0.1) is 0 Å². The van der Waals surface area contributed by atoms with Crippen LogP contribution in [0.2, 0.25) is 0 Å². The van der Waals surface area contributed by atoms with Crippen molar-refractivity contribution in [1.82, 2.24) is 4.98 Å². The lowest BCUT2D eigenvalue weighted by molar-refractivity contribution is 0.234. The van der Waals surface area contributed by atoms with Crippen molar-refractivity contribution >= 4 is 27.4 Å². The number of nitrogens with two attached hydrogens (primary N) is 1. The van der Waals surface area contributed by atoms with Crippen molar-refractivity contribution in [3.63, 3.8) is 0 Å². The Hall–Kier alpha value is -1.75. The summed E-state index contributed by atoms with van der Waals surface area (Å²) in [5.74, 6) is 1.32. The van der Waals surface area contributed by atoms with Crippen LogP contribution in [0.3, 0.4) is 0 Å². The number of pyridine rings is 1. The van der Waals surface area contributed by atoms with Crippen molar-refractivity contribution in [2.75, 3.05) is 17.7 Å². The van der Waals surface area contributed by atoms with Crippen molar-refractivity contribution in [3.05, 3.63) is 46.4 Å².